The predicted octanol–water partition coefficient (Wildman–Crippen LogP) is 0.872. The lowest BCUT2D eigenvalue weighted by molar-refractivity contribution is 0.302. The second-order valence-electron chi connectivity index (χ2n) is 5.87. The van der Waals surface area contributed by atoms with Gasteiger partial charge in [0.25, 0.3) is 0 Å². The van der Waals surface area contributed by atoms with Crippen LogP contribution in [0.1, 0.15) is 17.5 Å². The SMILES string of the molecule is CNCc1ccc(CS(=O)(=O)N2CCC(N(C)C)C2)cc1. The van der Waals surface area contributed by atoms with Gasteiger partial charge in [-0.15, -0.1) is 0 Å². The summed E-state index contributed by atoms with van der Waals surface area (Å²) >= 11 is 0. The smallest absolute Gasteiger partial charge is 0.218 e. The third kappa shape index (κ3) is 4.26. The lowest BCUT2D eigenvalue weighted by Gasteiger charge is -2.20. The Bertz CT molecular complexity index is 555. The average molecular weight is 311 g/mol. The van der Waals surface area contributed by atoms with E-state index < -0.39 is 10.0 Å². The number of rotatable bonds is 6. The first-order chi connectivity index (χ1) is 9.92. The summed E-state index contributed by atoms with van der Waals surface area (Å²) in [5.74, 6) is 0.0903. The van der Waals surface area contributed by atoms with Crippen molar-refractivity contribution in [2.45, 2.75) is 24.8 Å². The summed E-state index contributed by atoms with van der Waals surface area (Å²) in [4.78, 5) is 2.10. The van der Waals surface area contributed by atoms with Crippen molar-refractivity contribution in [3.8, 4) is 0 Å². The van der Waals surface area contributed by atoms with Crippen LogP contribution in [0.4, 0.5) is 0 Å². The number of nitrogens with one attached hydrogen (secondary N) is 1. The molecule has 0 radical (unpaired) electrons. The van der Waals surface area contributed by atoms with Crippen molar-refractivity contribution >= 4 is 10.0 Å². The van der Waals surface area contributed by atoms with Crippen LogP contribution < -0.4 is 5.32 Å². The lowest BCUT2D eigenvalue weighted by Crippen LogP contribution is -2.35. The molecule has 1 saturated heterocycles. The first kappa shape index (κ1) is 16.4. The van der Waals surface area contributed by atoms with Crippen LogP contribution in [0.2, 0.25) is 0 Å². The Morgan fingerprint density at radius 3 is 2.38 bits per heavy atom. The van der Waals surface area contributed by atoms with E-state index in [1.165, 1.54) is 0 Å². The molecule has 1 aliphatic heterocycles. The molecule has 1 heterocycles. The second-order valence-corrected chi connectivity index (χ2v) is 7.84. The summed E-state index contributed by atoms with van der Waals surface area (Å²) in [5, 5.41) is 3.08. The topological polar surface area (TPSA) is 52.7 Å². The second kappa shape index (κ2) is 6.87. The monoisotopic (exact) mass is 311 g/mol. The van der Waals surface area contributed by atoms with Crippen LogP contribution in [0, 0.1) is 0 Å². The fourth-order valence-corrected chi connectivity index (χ4v) is 4.22. The minimum atomic E-state index is -3.21. The number of hydrogen-bond donors (Lipinski definition) is 1. The molecule has 0 amide bonds. The number of hydrogen-bond acceptors (Lipinski definition) is 4. The zero-order chi connectivity index (χ0) is 15.5. The average Bonchev–Trinajstić information content (AvgIpc) is 2.92. The Balaban J connectivity index is 2.01. The van der Waals surface area contributed by atoms with Crippen LogP contribution in [0.15, 0.2) is 24.3 Å². The van der Waals surface area contributed by atoms with E-state index in [0.717, 1.165) is 24.1 Å². The van der Waals surface area contributed by atoms with Crippen molar-refractivity contribution in [2.75, 3.05) is 34.2 Å². The van der Waals surface area contributed by atoms with Crippen molar-refractivity contribution in [1.29, 1.82) is 0 Å². The van der Waals surface area contributed by atoms with Crippen LogP contribution >= 0.6 is 0 Å². The van der Waals surface area contributed by atoms with Crippen molar-refractivity contribution < 1.29 is 8.42 Å². The number of sulfonamides is 1. The zero-order valence-corrected chi connectivity index (χ0v) is 13.9. The summed E-state index contributed by atoms with van der Waals surface area (Å²) in [7, 11) is 2.68. The normalized spacial score (nSPS) is 20.3. The van der Waals surface area contributed by atoms with Gasteiger partial charge in [0.05, 0.1) is 5.75 Å². The van der Waals surface area contributed by atoms with Gasteiger partial charge in [0, 0.05) is 25.7 Å². The molecule has 1 aliphatic rings. The highest BCUT2D eigenvalue weighted by Crippen LogP contribution is 2.20. The molecule has 118 valence electrons. The van der Waals surface area contributed by atoms with E-state index in [4.69, 9.17) is 0 Å². The summed E-state index contributed by atoms with van der Waals surface area (Å²) in [5.41, 5.74) is 2.01. The number of benzene rings is 1. The van der Waals surface area contributed by atoms with Crippen molar-refractivity contribution in [2.24, 2.45) is 0 Å². The molecule has 1 unspecified atom stereocenters. The molecule has 0 saturated carbocycles. The maximum absolute atomic E-state index is 12.5. The maximum atomic E-state index is 12.5. The minimum absolute atomic E-state index is 0.0903. The van der Waals surface area contributed by atoms with Gasteiger partial charge < -0.3 is 10.2 Å². The highest BCUT2D eigenvalue weighted by atomic mass is 32.2. The molecule has 1 atom stereocenters. The lowest BCUT2D eigenvalue weighted by atomic mass is 10.1. The van der Waals surface area contributed by atoms with Gasteiger partial charge in [-0.3, -0.25) is 0 Å². The maximum Gasteiger partial charge on any atom is 0.218 e. The van der Waals surface area contributed by atoms with E-state index in [-0.39, 0.29) is 5.75 Å². The molecule has 1 fully saturated rings. The number of nitrogens with zero attached hydrogens (tertiary/aromatic N) is 2. The molecule has 5 nitrogen and oxygen atoms in total. The third-order valence-corrected chi connectivity index (χ3v) is 5.82. The van der Waals surface area contributed by atoms with Crippen molar-refractivity contribution in [3.05, 3.63) is 35.4 Å². The summed E-state index contributed by atoms with van der Waals surface area (Å²) < 4.78 is 26.6. The minimum Gasteiger partial charge on any atom is -0.316 e. The van der Waals surface area contributed by atoms with E-state index in [2.05, 4.69) is 10.2 Å². The van der Waals surface area contributed by atoms with Gasteiger partial charge in [-0.1, -0.05) is 24.3 Å². The molecular weight excluding hydrogens is 286 g/mol. The quantitative estimate of drug-likeness (QED) is 0.847. The molecule has 1 aromatic carbocycles. The molecule has 6 heteroatoms. The summed E-state index contributed by atoms with van der Waals surface area (Å²) in [6, 6.07) is 8.10. The van der Waals surface area contributed by atoms with Gasteiger partial charge in [0.15, 0.2) is 0 Å². The van der Waals surface area contributed by atoms with Gasteiger partial charge in [-0.05, 0) is 38.7 Å². The Kier molecular flexibility index (Phi) is 5.37. The Morgan fingerprint density at radius 1 is 1.24 bits per heavy atom. The van der Waals surface area contributed by atoms with Crippen molar-refractivity contribution in [3.63, 3.8) is 0 Å². The predicted molar refractivity (Wildman–Crippen MR) is 85.5 cm³/mol. The van der Waals surface area contributed by atoms with Crippen LogP contribution in [-0.4, -0.2) is 57.9 Å². The first-order valence-electron chi connectivity index (χ1n) is 7.29. The largest absolute Gasteiger partial charge is 0.316 e. The van der Waals surface area contributed by atoms with Crippen LogP contribution in [0.5, 0.6) is 0 Å². The van der Waals surface area contributed by atoms with Crippen LogP contribution in [0.25, 0.3) is 0 Å². The Hall–Kier alpha value is -0.950. The Morgan fingerprint density at radius 2 is 1.86 bits per heavy atom. The highest BCUT2D eigenvalue weighted by molar-refractivity contribution is 7.88. The highest BCUT2D eigenvalue weighted by Gasteiger charge is 2.32. The van der Waals surface area contributed by atoms with E-state index in [9.17, 15) is 8.42 Å². The van der Waals surface area contributed by atoms with Crippen molar-refractivity contribution in [1.82, 2.24) is 14.5 Å². The Labute approximate surface area is 128 Å². The first-order valence-corrected chi connectivity index (χ1v) is 8.90. The zero-order valence-electron chi connectivity index (χ0n) is 13.0. The molecule has 0 spiro atoms. The molecule has 1 N–H and O–H groups in total. The molecule has 0 bridgehead atoms. The number of likely N-dealkylation sites (N-methyl/N-ethyl adjacent to an activating group) is 1. The van der Waals surface area contributed by atoms with E-state index in [1.807, 2.05) is 45.4 Å². The standard InChI is InChI=1S/C15H25N3O2S/c1-16-10-13-4-6-14(7-5-13)12-21(19,20)18-9-8-15(11-18)17(2)3/h4-7,15-16H,8-12H2,1-3H3. The fourth-order valence-electron chi connectivity index (χ4n) is 2.64. The fraction of sp³-hybridized carbons (Fsp3) is 0.600. The van der Waals surface area contributed by atoms with E-state index in [0.29, 0.717) is 19.1 Å². The van der Waals surface area contributed by atoms with Crippen LogP contribution in [-0.2, 0) is 22.3 Å². The van der Waals surface area contributed by atoms with Gasteiger partial charge >= 0.3 is 0 Å². The van der Waals surface area contributed by atoms with E-state index >= 15 is 0 Å². The molecule has 1 aromatic rings. The van der Waals surface area contributed by atoms with Crippen LogP contribution in [0.3, 0.4) is 0 Å². The van der Waals surface area contributed by atoms with Gasteiger partial charge in [-0.2, -0.15) is 0 Å². The molecular formula is C15H25N3O2S. The molecule has 0 aromatic heterocycles. The van der Waals surface area contributed by atoms with E-state index in [1.54, 1.807) is 4.31 Å². The summed E-state index contributed by atoms with van der Waals surface area (Å²) in [6.45, 7) is 2.03. The van der Waals surface area contributed by atoms with Gasteiger partial charge in [0.2, 0.25) is 10.0 Å². The molecule has 0 aliphatic carbocycles. The van der Waals surface area contributed by atoms with Gasteiger partial charge in [0.1, 0.15) is 0 Å². The third-order valence-electron chi connectivity index (χ3n) is 4.00. The van der Waals surface area contributed by atoms with Gasteiger partial charge in [-0.25, -0.2) is 12.7 Å². The molecule has 21 heavy (non-hydrogen) atoms. The molecule has 2 rings (SSSR count). The summed E-state index contributed by atoms with van der Waals surface area (Å²) in [6.07, 6.45) is 0.910.